The Morgan fingerprint density at radius 3 is 2.67 bits per heavy atom. The summed E-state index contributed by atoms with van der Waals surface area (Å²) in [7, 11) is 2.27. The van der Waals surface area contributed by atoms with E-state index in [0.29, 0.717) is 11.3 Å². The summed E-state index contributed by atoms with van der Waals surface area (Å²) in [6.45, 7) is 7.05. The summed E-state index contributed by atoms with van der Waals surface area (Å²) in [6.07, 6.45) is 2.69. The number of hydrogen-bond donors (Lipinski definition) is 1. The summed E-state index contributed by atoms with van der Waals surface area (Å²) in [5, 5.41) is 3.60. The molecule has 2 saturated heterocycles. The molecule has 1 aromatic rings. The average Bonchev–Trinajstić information content (AvgIpc) is 2.73. The third-order valence-corrected chi connectivity index (χ3v) is 4.94. The Labute approximate surface area is 110 Å². The van der Waals surface area contributed by atoms with Crippen molar-refractivity contribution in [3.8, 4) is 0 Å². The molecule has 0 amide bonds. The van der Waals surface area contributed by atoms with Gasteiger partial charge in [0.05, 0.1) is 0 Å². The SMILES string of the molecule is Cc1ccc(C2CNCCC23CCN(C)C3)cc1. The van der Waals surface area contributed by atoms with Crippen LogP contribution >= 0.6 is 0 Å². The lowest BCUT2D eigenvalue weighted by atomic mass is 9.67. The lowest BCUT2D eigenvalue weighted by Crippen LogP contribution is -2.45. The Morgan fingerprint density at radius 2 is 2.00 bits per heavy atom. The minimum Gasteiger partial charge on any atom is -0.316 e. The summed E-state index contributed by atoms with van der Waals surface area (Å²) in [5.74, 6) is 0.691. The normalized spacial score (nSPS) is 33.1. The highest BCUT2D eigenvalue weighted by molar-refractivity contribution is 5.28. The molecule has 2 heterocycles. The minimum atomic E-state index is 0.523. The van der Waals surface area contributed by atoms with Gasteiger partial charge in [-0.05, 0) is 50.9 Å². The molecule has 3 rings (SSSR count). The van der Waals surface area contributed by atoms with Crippen molar-refractivity contribution in [2.75, 3.05) is 33.2 Å². The van der Waals surface area contributed by atoms with Gasteiger partial charge in [-0.15, -0.1) is 0 Å². The molecule has 98 valence electrons. The van der Waals surface area contributed by atoms with E-state index in [-0.39, 0.29) is 0 Å². The zero-order valence-electron chi connectivity index (χ0n) is 11.6. The number of rotatable bonds is 1. The molecule has 2 fully saturated rings. The first kappa shape index (κ1) is 12.2. The molecule has 0 saturated carbocycles. The molecule has 2 atom stereocenters. The molecule has 0 radical (unpaired) electrons. The third kappa shape index (κ3) is 2.08. The van der Waals surface area contributed by atoms with Crippen LogP contribution in [0.1, 0.15) is 29.9 Å². The predicted octanol–water partition coefficient (Wildman–Crippen LogP) is 2.39. The van der Waals surface area contributed by atoms with E-state index in [9.17, 15) is 0 Å². The molecule has 2 aliphatic heterocycles. The van der Waals surface area contributed by atoms with E-state index in [4.69, 9.17) is 0 Å². The summed E-state index contributed by atoms with van der Waals surface area (Å²) < 4.78 is 0. The van der Waals surface area contributed by atoms with Gasteiger partial charge in [0, 0.05) is 19.0 Å². The number of likely N-dealkylation sites (tertiary alicyclic amines) is 1. The van der Waals surface area contributed by atoms with Crippen molar-refractivity contribution in [3.63, 3.8) is 0 Å². The van der Waals surface area contributed by atoms with E-state index < -0.39 is 0 Å². The smallest absolute Gasteiger partial charge is 0.00422 e. The van der Waals surface area contributed by atoms with Crippen molar-refractivity contribution in [2.24, 2.45) is 5.41 Å². The lowest BCUT2D eigenvalue weighted by Gasteiger charge is -2.42. The van der Waals surface area contributed by atoms with Gasteiger partial charge in [0.2, 0.25) is 0 Å². The molecule has 1 N–H and O–H groups in total. The fourth-order valence-electron chi connectivity index (χ4n) is 3.84. The Bertz CT molecular complexity index is 408. The minimum absolute atomic E-state index is 0.523. The Morgan fingerprint density at radius 1 is 1.22 bits per heavy atom. The van der Waals surface area contributed by atoms with Crippen LogP contribution in [-0.4, -0.2) is 38.1 Å². The van der Waals surface area contributed by atoms with Gasteiger partial charge >= 0.3 is 0 Å². The maximum Gasteiger partial charge on any atom is 0.00422 e. The van der Waals surface area contributed by atoms with E-state index in [1.807, 2.05) is 0 Å². The van der Waals surface area contributed by atoms with E-state index in [2.05, 4.69) is 48.5 Å². The van der Waals surface area contributed by atoms with Crippen LogP contribution in [0.4, 0.5) is 0 Å². The first-order valence-electron chi connectivity index (χ1n) is 7.15. The zero-order valence-corrected chi connectivity index (χ0v) is 11.6. The highest BCUT2D eigenvalue weighted by atomic mass is 15.1. The van der Waals surface area contributed by atoms with Crippen LogP contribution in [0.5, 0.6) is 0 Å². The molecule has 0 aromatic heterocycles. The molecular weight excluding hydrogens is 220 g/mol. The van der Waals surface area contributed by atoms with Crippen LogP contribution in [0.15, 0.2) is 24.3 Å². The summed E-state index contributed by atoms with van der Waals surface area (Å²) in [4.78, 5) is 2.51. The molecule has 1 spiro atoms. The second-order valence-electron chi connectivity index (χ2n) is 6.27. The molecule has 2 aliphatic rings. The van der Waals surface area contributed by atoms with Crippen LogP contribution in [0.25, 0.3) is 0 Å². The van der Waals surface area contributed by atoms with Gasteiger partial charge in [-0.25, -0.2) is 0 Å². The highest BCUT2D eigenvalue weighted by Gasteiger charge is 2.45. The lowest BCUT2D eigenvalue weighted by molar-refractivity contribution is 0.170. The van der Waals surface area contributed by atoms with Crippen molar-refractivity contribution in [1.82, 2.24) is 10.2 Å². The van der Waals surface area contributed by atoms with Gasteiger partial charge < -0.3 is 10.2 Å². The van der Waals surface area contributed by atoms with Crippen molar-refractivity contribution in [1.29, 1.82) is 0 Å². The van der Waals surface area contributed by atoms with Gasteiger partial charge in [-0.1, -0.05) is 29.8 Å². The van der Waals surface area contributed by atoms with Gasteiger partial charge in [0.25, 0.3) is 0 Å². The molecule has 2 heteroatoms. The Hall–Kier alpha value is -0.860. The highest BCUT2D eigenvalue weighted by Crippen LogP contribution is 2.47. The molecule has 0 bridgehead atoms. The fraction of sp³-hybridized carbons (Fsp3) is 0.625. The quantitative estimate of drug-likeness (QED) is 0.816. The van der Waals surface area contributed by atoms with Crippen molar-refractivity contribution in [3.05, 3.63) is 35.4 Å². The van der Waals surface area contributed by atoms with Crippen molar-refractivity contribution >= 4 is 0 Å². The monoisotopic (exact) mass is 244 g/mol. The van der Waals surface area contributed by atoms with Gasteiger partial charge in [0.15, 0.2) is 0 Å². The van der Waals surface area contributed by atoms with E-state index >= 15 is 0 Å². The second-order valence-corrected chi connectivity index (χ2v) is 6.27. The summed E-state index contributed by atoms with van der Waals surface area (Å²) >= 11 is 0. The maximum absolute atomic E-state index is 3.60. The fourth-order valence-corrected chi connectivity index (χ4v) is 3.84. The molecule has 0 aliphatic carbocycles. The third-order valence-electron chi connectivity index (χ3n) is 4.94. The van der Waals surface area contributed by atoms with Crippen LogP contribution in [0, 0.1) is 12.3 Å². The number of nitrogens with zero attached hydrogens (tertiary/aromatic N) is 1. The molecule has 2 unspecified atom stereocenters. The van der Waals surface area contributed by atoms with Gasteiger partial charge in [-0.2, -0.15) is 0 Å². The van der Waals surface area contributed by atoms with Crippen LogP contribution in [-0.2, 0) is 0 Å². The van der Waals surface area contributed by atoms with Gasteiger partial charge in [0.1, 0.15) is 0 Å². The first-order valence-corrected chi connectivity index (χ1v) is 7.15. The Kier molecular flexibility index (Phi) is 3.16. The Balaban J connectivity index is 1.90. The van der Waals surface area contributed by atoms with Crippen LogP contribution in [0.2, 0.25) is 0 Å². The number of piperidine rings is 1. The number of benzene rings is 1. The van der Waals surface area contributed by atoms with Gasteiger partial charge in [-0.3, -0.25) is 0 Å². The topological polar surface area (TPSA) is 15.3 Å². The second kappa shape index (κ2) is 4.67. The average molecular weight is 244 g/mol. The molecule has 18 heavy (non-hydrogen) atoms. The van der Waals surface area contributed by atoms with Crippen LogP contribution < -0.4 is 5.32 Å². The maximum atomic E-state index is 3.60. The van der Waals surface area contributed by atoms with E-state index in [1.54, 1.807) is 0 Å². The standard InChI is InChI=1S/C16H24N2/c1-13-3-5-14(6-4-13)15-11-17-9-7-16(15)8-10-18(2)12-16/h3-6,15,17H,7-12H2,1-2H3. The first-order chi connectivity index (χ1) is 8.70. The zero-order chi connectivity index (χ0) is 12.6. The summed E-state index contributed by atoms with van der Waals surface area (Å²) in [6, 6.07) is 9.20. The largest absolute Gasteiger partial charge is 0.316 e. The molecule has 2 nitrogen and oxygen atoms in total. The van der Waals surface area contributed by atoms with Crippen molar-refractivity contribution < 1.29 is 0 Å². The molecular formula is C16H24N2. The van der Waals surface area contributed by atoms with E-state index in [1.165, 1.54) is 43.6 Å². The van der Waals surface area contributed by atoms with Crippen molar-refractivity contribution in [2.45, 2.75) is 25.7 Å². The predicted molar refractivity (Wildman–Crippen MR) is 76.0 cm³/mol. The molecule has 1 aromatic carbocycles. The summed E-state index contributed by atoms with van der Waals surface area (Å²) in [5.41, 5.74) is 3.41. The number of nitrogens with one attached hydrogen (secondary N) is 1. The van der Waals surface area contributed by atoms with E-state index in [0.717, 1.165) is 6.54 Å². The van der Waals surface area contributed by atoms with Crippen LogP contribution in [0.3, 0.4) is 0 Å². The number of aryl methyl sites for hydroxylation is 1. The number of hydrogen-bond acceptors (Lipinski definition) is 2.